The third-order valence-electron chi connectivity index (χ3n) is 2.44. The fraction of sp³-hybridized carbons (Fsp3) is 0.333. The minimum absolute atomic E-state index is 0.140. The van der Waals surface area contributed by atoms with Crippen molar-refractivity contribution in [2.24, 2.45) is 10.9 Å². The first-order valence-electron chi connectivity index (χ1n) is 5.54. The molecule has 0 atom stereocenters. The van der Waals surface area contributed by atoms with Crippen LogP contribution in [0.3, 0.4) is 0 Å². The number of hydrogen-bond acceptors (Lipinski definition) is 5. The van der Waals surface area contributed by atoms with Gasteiger partial charge in [0.1, 0.15) is 17.3 Å². The molecule has 0 aliphatic carbocycles. The summed E-state index contributed by atoms with van der Waals surface area (Å²) in [6.07, 6.45) is -0.158. The Morgan fingerprint density at radius 3 is 2.74 bits per heavy atom. The van der Waals surface area contributed by atoms with Gasteiger partial charge in [-0.05, 0) is 12.1 Å². The van der Waals surface area contributed by atoms with Crippen molar-refractivity contribution in [1.82, 2.24) is 5.32 Å². The fourth-order valence-electron chi connectivity index (χ4n) is 1.45. The fourth-order valence-corrected chi connectivity index (χ4v) is 1.45. The van der Waals surface area contributed by atoms with Crippen molar-refractivity contribution in [1.29, 1.82) is 0 Å². The zero-order chi connectivity index (χ0) is 14.3. The van der Waals surface area contributed by atoms with Crippen molar-refractivity contribution in [3.05, 3.63) is 23.8 Å². The zero-order valence-corrected chi connectivity index (χ0v) is 10.8. The maximum atomic E-state index is 11.5. The van der Waals surface area contributed by atoms with Gasteiger partial charge in [0, 0.05) is 18.2 Å². The predicted octanol–water partition coefficient (Wildman–Crippen LogP) is 0.456. The number of carbonyl (C=O) groups is 1. The Balaban J connectivity index is 2.64. The Hall–Kier alpha value is -2.44. The molecule has 7 nitrogen and oxygen atoms in total. The second-order valence-corrected chi connectivity index (χ2v) is 3.72. The first kappa shape index (κ1) is 14.6. The summed E-state index contributed by atoms with van der Waals surface area (Å²) in [5.41, 5.74) is 6.04. The molecule has 0 unspecified atom stereocenters. The molecule has 0 saturated carbocycles. The zero-order valence-electron chi connectivity index (χ0n) is 10.8. The number of carbonyl (C=O) groups excluding carboxylic acids is 1. The highest BCUT2D eigenvalue weighted by Crippen LogP contribution is 2.24. The van der Waals surface area contributed by atoms with Gasteiger partial charge in [0.15, 0.2) is 0 Å². The molecule has 0 aromatic heterocycles. The van der Waals surface area contributed by atoms with E-state index in [1.165, 1.54) is 7.11 Å². The van der Waals surface area contributed by atoms with Crippen LogP contribution in [0.1, 0.15) is 12.0 Å². The number of hydrogen-bond donors (Lipinski definition) is 3. The Labute approximate surface area is 111 Å². The Morgan fingerprint density at radius 1 is 1.42 bits per heavy atom. The Morgan fingerprint density at radius 2 is 2.16 bits per heavy atom. The largest absolute Gasteiger partial charge is 0.497 e. The summed E-state index contributed by atoms with van der Waals surface area (Å²) in [4.78, 5) is 11.5. The lowest BCUT2D eigenvalue weighted by atomic mass is 10.2. The van der Waals surface area contributed by atoms with Crippen molar-refractivity contribution >= 4 is 11.7 Å². The lowest BCUT2D eigenvalue weighted by Gasteiger charge is -2.11. The number of nitrogens with two attached hydrogens (primary N) is 1. The molecular weight excluding hydrogens is 250 g/mol. The SMILES string of the molecule is COc1ccc(CNC(=O)CC(N)=NO)c(OC)c1. The monoisotopic (exact) mass is 267 g/mol. The quantitative estimate of drug-likeness (QED) is 0.300. The normalized spacial score (nSPS) is 10.9. The van der Waals surface area contributed by atoms with Crippen molar-refractivity contribution in [3.63, 3.8) is 0 Å². The molecule has 0 fully saturated rings. The van der Waals surface area contributed by atoms with Gasteiger partial charge in [0.2, 0.25) is 5.91 Å². The van der Waals surface area contributed by atoms with E-state index in [-0.39, 0.29) is 24.7 Å². The lowest BCUT2D eigenvalue weighted by Crippen LogP contribution is -2.28. The average Bonchev–Trinajstić information content (AvgIpc) is 2.44. The third-order valence-corrected chi connectivity index (χ3v) is 2.44. The molecule has 0 saturated heterocycles. The molecule has 0 heterocycles. The highest BCUT2D eigenvalue weighted by Gasteiger charge is 2.08. The van der Waals surface area contributed by atoms with Crippen LogP contribution in [-0.4, -0.2) is 31.2 Å². The van der Waals surface area contributed by atoms with Gasteiger partial charge in [-0.15, -0.1) is 0 Å². The van der Waals surface area contributed by atoms with E-state index in [1.807, 2.05) is 0 Å². The van der Waals surface area contributed by atoms with E-state index in [0.717, 1.165) is 5.56 Å². The van der Waals surface area contributed by atoms with Gasteiger partial charge in [0.25, 0.3) is 0 Å². The summed E-state index contributed by atoms with van der Waals surface area (Å²) >= 11 is 0. The van der Waals surface area contributed by atoms with Gasteiger partial charge in [-0.1, -0.05) is 5.16 Å². The molecule has 1 rings (SSSR count). The molecule has 19 heavy (non-hydrogen) atoms. The number of amidine groups is 1. The number of nitrogens with zero attached hydrogens (tertiary/aromatic N) is 1. The molecule has 104 valence electrons. The van der Waals surface area contributed by atoms with E-state index in [1.54, 1.807) is 25.3 Å². The van der Waals surface area contributed by atoms with Crippen molar-refractivity contribution in [2.75, 3.05) is 14.2 Å². The van der Waals surface area contributed by atoms with Crippen molar-refractivity contribution in [3.8, 4) is 11.5 Å². The number of oxime groups is 1. The van der Waals surface area contributed by atoms with Gasteiger partial charge in [-0.25, -0.2) is 0 Å². The van der Waals surface area contributed by atoms with Crippen LogP contribution < -0.4 is 20.5 Å². The van der Waals surface area contributed by atoms with Gasteiger partial charge >= 0.3 is 0 Å². The number of rotatable bonds is 6. The summed E-state index contributed by atoms with van der Waals surface area (Å²) in [6, 6.07) is 5.29. The second kappa shape index (κ2) is 7.10. The second-order valence-electron chi connectivity index (χ2n) is 3.72. The number of benzene rings is 1. The number of nitrogens with one attached hydrogen (secondary N) is 1. The standard InChI is InChI=1S/C12H17N3O4/c1-18-9-4-3-8(10(5-9)19-2)7-14-12(16)6-11(13)15-17/h3-5,17H,6-7H2,1-2H3,(H2,13,15)(H,14,16). The number of methoxy groups -OCH3 is 2. The van der Waals surface area contributed by atoms with Crippen LogP contribution in [0.15, 0.2) is 23.4 Å². The topological polar surface area (TPSA) is 106 Å². The summed E-state index contributed by atoms with van der Waals surface area (Å²) in [6.45, 7) is 0.282. The number of amides is 1. The molecule has 0 aliphatic heterocycles. The van der Waals surface area contributed by atoms with Crippen LogP contribution >= 0.6 is 0 Å². The van der Waals surface area contributed by atoms with Gasteiger partial charge < -0.3 is 25.7 Å². The molecule has 1 aromatic carbocycles. The van der Waals surface area contributed by atoms with E-state index in [2.05, 4.69) is 10.5 Å². The van der Waals surface area contributed by atoms with Gasteiger partial charge in [0.05, 0.1) is 20.6 Å². The van der Waals surface area contributed by atoms with Gasteiger partial charge in [-0.2, -0.15) is 0 Å². The molecule has 0 aliphatic rings. The first-order chi connectivity index (χ1) is 9.10. The molecule has 0 bridgehead atoms. The van der Waals surface area contributed by atoms with E-state index >= 15 is 0 Å². The van der Waals surface area contributed by atoms with E-state index < -0.39 is 0 Å². The van der Waals surface area contributed by atoms with Crippen LogP contribution in [0.5, 0.6) is 11.5 Å². The highest BCUT2D eigenvalue weighted by molar-refractivity contribution is 5.98. The highest BCUT2D eigenvalue weighted by atomic mass is 16.5. The van der Waals surface area contributed by atoms with Crippen LogP contribution in [0.2, 0.25) is 0 Å². The molecule has 0 spiro atoms. The average molecular weight is 267 g/mol. The summed E-state index contributed by atoms with van der Waals surface area (Å²) in [7, 11) is 3.10. The molecule has 1 amide bonds. The van der Waals surface area contributed by atoms with E-state index in [9.17, 15) is 4.79 Å². The van der Waals surface area contributed by atoms with Gasteiger partial charge in [-0.3, -0.25) is 4.79 Å². The van der Waals surface area contributed by atoms with Crippen LogP contribution in [0.4, 0.5) is 0 Å². The van der Waals surface area contributed by atoms with Crippen LogP contribution in [-0.2, 0) is 11.3 Å². The predicted molar refractivity (Wildman–Crippen MR) is 69.4 cm³/mol. The summed E-state index contributed by atoms with van der Waals surface area (Å²) in [5.74, 6) is 0.805. The molecule has 7 heteroatoms. The Kier molecular flexibility index (Phi) is 5.46. The molecule has 0 radical (unpaired) electrons. The third kappa shape index (κ3) is 4.38. The van der Waals surface area contributed by atoms with Crippen molar-refractivity contribution < 1.29 is 19.5 Å². The maximum Gasteiger partial charge on any atom is 0.227 e. The Bertz CT molecular complexity index is 474. The minimum Gasteiger partial charge on any atom is -0.497 e. The van der Waals surface area contributed by atoms with E-state index in [0.29, 0.717) is 11.5 Å². The van der Waals surface area contributed by atoms with Crippen LogP contribution in [0, 0.1) is 0 Å². The lowest BCUT2D eigenvalue weighted by molar-refractivity contribution is -0.120. The number of ether oxygens (including phenoxy) is 2. The smallest absolute Gasteiger partial charge is 0.227 e. The summed E-state index contributed by atoms with van der Waals surface area (Å²) < 4.78 is 10.3. The summed E-state index contributed by atoms with van der Waals surface area (Å²) in [5, 5.41) is 13.7. The molecule has 1 aromatic rings. The van der Waals surface area contributed by atoms with Crippen molar-refractivity contribution in [2.45, 2.75) is 13.0 Å². The first-order valence-corrected chi connectivity index (χ1v) is 5.54. The molecule has 4 N–H and O–H groups in total. The maximum absolute atomic E-state index is 11.5. The van der Waals surface area contributed by atoms with E-state index in [4.69, 9.17) is 20.4 Å². The minimum atomic E-state index is -0.340. The van der Waals surface area contributed by atoms with Crippen LogP contribution in [0.25, 0.3) is 0 Å². The molecular formula is C12H17N3O4.